The van der Waals surface area contributed by atoms with E-state index in [1.807, 2.05) is 20.8 Å². The Bertz CT molecular complexity index is 1410. The van der Waals surface area contributed by atoms with Gasteiger partial charge >= 0.3 is 0 Å². The van der Waals surface area contributed by atoms with Crippen LogP contribution in [0.5, 0.6) is 5.75 Å². The Morgan fingerprint density at radius 2 is 1.94 bits per heavy atom. The third kappa shape index (κ3) is 4.54. The van der Waals surface area contributed by atoms with E-state index in [0.29, 0.717) is 34.0 Å². The van der Waals surface area contributed by atoms with Gasteiger partial charge in [-0.25, -0.2) is 14.1 Å². The van der Waals surface area contributed by atoms with Gasteiger partial charge in [0.2, 0.25) is 0 Å². The van der Waals surface area contributed by atoms with Crippen LogP contribution in [0.25, 0.3) is 22.6 Å². The van der Waals surface area contributed by atoms with E-state index in [1.54, 1.807) is 48.1 Å². The quantitative estimate of drug-likeness (QED) is 0.452. The Kier molecular flexibility index (Phi) is 6.45. The number of carbonyl (C=O) groups excluding carboxylic acids is 1. The molecule has 0 aliphatic carbocycles. The maximum atomic E-state index is 13.4. The van der Waals surface area contributed by atoms with E-state index in [4.69, 9.17) is 4.74 Å². The van der Waals surface area contributed by atoms with E-state index in [9.17, 15) is 14.0 Å². The number of benzene rings is 1. The van der Waals surface area contributed by atoms with Crippen molar-refractivity contribution in [2.24, 2.45) is 0 Å². The molecule has 176 valence electrons. The monoisotopic (exact) mass is 463 g/mol. The third-order valence-corrected chi connectivity index (χ3v) is 5.59. The van der Waals surface area contributed by atoms with Crippen LogP contribution in [0, 0.1) is 19.7 Å². The van der Waals surface area contributed by atoms with Crippen molar-refractivity contribution in [2.45, 2.75) is 40.2 Å². The molecule has 1 amide bonds. The number of ether oxygens (including phenoxy) is 1. The predicted molar refractivity (Wildman–Crippen MR) is 127 cm³/mol. The Labute approximate surface area is 196 Å². The molecular formula is C25H26FN5O3. The molecule has 0 spiro atoms. The fourth-order valence-electron chi connectivity index (χ4n) is 3.65. The van der Waals surface area contributed by atoms with Crippen molar-refractivity contribution in [1.82, 2.24) is 24.5 Å². The van der Waals surface area contributed by atoms with Crippen LogP contribution in [0.2, 0.25) is 0 Å². The van der Waals surface area contributed by atoms with Gasteiger partial charge < -0.3 is 10.1 Å². The molecule has 0 saturated carbocycles. The normalized spacial score (nSPS) is 12.0. The lowest BCUT2D eigenvalue weighted by Gasteiger charge is -2.13. The zero-order valence-corrected chi connectivity index (χ0v) is 19.5. The second-order valence-corrected chi connectivity index (χ2v) is 8.17. The Balaban J connectivity index is 1.70. The van der Waals surface area contributed by atoms with E-state index in [-0.39, 0.29) is 29.9 Å². The first-order chi connectivity index (χ1) is 16.3. The maximum Gasteiger partial charge on any atom is 0.267 e. The molecule has 1 unspecified atom stereocenters. The van der Waals surface area contributed by atoms with Gasteiger partial charge in [0.05, 0.1) is 16.9 Å². The minimum absolute atomic E-state index is 0.0485. The van der Waals surface area contributed by atoms with Gasteiger partial charge in [-0.1, -0.05) is 6.92 Å². The number of pyridine rings is 1. The predicted octanol–water partition coefficient (Wildman–Crippen LogP) is 3.60. The van der Waals surface area contributed by atoms with Gasteiger partial charge in [-0.05, 0) is 69.7 Å². The summed E-state index contributed by atoms with van der Waals surface area (Å²) < 4.78 is 22.0. The van der Waals surface area contributed by atoms with Gasteiger partial charge in [0, 0.05) is 17.9 Å². The molecule has 4 rings (SSSR count). The third-order valence-electron chi connectivity index (χ3n) is 5.59. The first-order valence-corrected chi connectivity index (χ1v) is 11.1. The van der Waals surface area contributed by atoms with Gasteiger partial charge in [0.1, 0.15) is 11.5 Å². The number of carbonyl (C=O) groups is 1. The number of nitrogens with one attached hydrogen (secondary N) is 1. The summed E-state index contributed by atoms with van der Waals surface area (Å²) in [5.74, 6) is -0.243. The number of hydrogen-bond donors (Lipinski definition) is 1. The number of hydrogen-bond acceptors (Lipinski definition) is 5. The van der Waals surface area contributed by atoms with E-state index in [0.717, 1.165) is 12.1 Å². The number of aromatic nitrogens is 4. The smallest absolute Gasteiger partial charge is 0.267 e. The molecule has 9 heteroatoms. The summed E-state index contributed by atoms with van der Waals surface area (Å²) in [6.45, 7) is 7.31. The molecule has 3 aromatic heterocycles. The van der Waals surface area contributed by atoms with Crippen LogP contribution in [0.4, 0.5) is 4.39 Å². The van der Waals surface area contributed by atoms with Gasteiger partial charge in [0.25, 0.3) is 11.5 Å². The van der Waals surface area contributed by atoms with Crippen molar-refractivity contribution in [2.75, 3.05) is 6.61 Å². The van der Waals surface area contributed by atoms with E-state index in [2.05, 4.69) is 15.4 Å². The van der Waals surface area contributed by atoms with Crippen LogP contribution in [-0.4, -0.2) is 37.7 Å². The minimum Gasteiger partial charge on any atom is -0.480 e. The molecule has 4 aromatic rings. The second-order valence-electron chi connectivity index (χ2n) is 8.17. The Morgan fingerprint density at radius 3 is 2.65 bits per heavy atom. The van der Waals surface area contributed by atoms with Gasteiger partial charge in [-0.15, -0.1) is 0 Å². The van der Waals surface area contributed by atoms with Crippen LogP contribution >= 0.6 is 0 Å². The topological polar surface area (TPSA) is 90.5 Å². The van der Waals surface area contributed by atoms with Crippen molar-refractivity contribution < 1.29 is 13.9 Å². The van der Waals surface area contributed by atoms with Crippen molar-refractivity contribution in [1.29, 1.82) is 0 Å². The van der Waals surface area contributed by atoms with Gasteiger partial charge in [-0.3, -0.25) is 14.0 Å². The molecule has 34 heavy (non-hydrogen) atoms. The maximum absolute atomic E-state index is 13.4. The van der Waals surface area contributed by atoms with Crippen molar-refractivity contribution in [3.63, 3.8) is 0 Å². The van der Waals surface area contributed by atoms with E-state index < -0.39 is 0 Å². The molecule has 1 atom stereocenters. The highest BCUT2D eigenvalue weighted by Crippen LogP contribution is 2.24. The van der Waals surface area contributed by atoms with Crippen LogP contribution in [0.3, 0.4) is 0 Å². The highest BCUT2D eigenvalue weighted by molar-refractivity contribution is 5.78. The number of halogens is 1. The number of nitrogens with zero attached hydrogens (tertiary/aromatic N) is 4. The summed E-state index contributed by atoms with van der Waals surface area (Å²) in [6, 6.07) is 11.1. The standard InChI is InChI=1S/C25H26FN5O3/c1-5-15(2)27-22(32)14-34-21-7-6-12-30-24(21)28-17(4)23(25(30)33)20-13-16(3)31(29-20)19-10-8-18(26)9-11-19/h6-13,15H,5,14H2,1-4H3,(H,27,32). The van der Waals surface area contributed by atoms with Gasteiger partial charge in [-0.2, -0.15) is 5.10 Å². The summed E-state index contributed by atoms with van der Waals surface area (Å²) in [5.41, 5.74) is 2.78. The lowest BCUT2D eigenvalue weighted by molar-refractivity contribution is -0.123. The Hall–Kier alpha value is -4.01. The fraction of sp³-hybridized carbons (Fsp3) is 0.280. The number of amides is 1. The molecule has 1 N–H and O–H groups in total. The second kappa shape index (κ2) is 9.46. The highest BCUT2D eigenvalue weighted by atomic mass is 19.1. The SMILES string of the molecule is CCC(C)NC(=O)COc1cccn2c(=O)c(-c3cc(C)n(-c4ccc(F)cc4)n3)c(C)nc12. The molecule has 8 nitrogen and oxygen atoms in total. The molecule has 0 saturated heterocycles. The Morgan fingerprint density at radius 1 is 1.21 bits per heavy atom. The lowest BCUT2D eigenvalue weighted by Crippen LogP contribution is -2.35. The van der Waals surface area contributed by atoms with E-state index >= 15 is 0 Å². The number of aryl methyl sites for hydroxylation is 2. The van der Waals surface area contributed by atoms with Crippen molar-refractivity contribution in [3.8, 4) is 22.7 Å². The molecule has 0 aliphatic rings. The zero-order chi connectivity index (χ0) is 24.4. The van der Waals surface area contributed by atoms with Crippen molar-refractivity contribution >= 4 is 11.6 Å². The molecule has 0 bridgehead atoms. The number of fused-ring (bicyclic) bond motifs is 1. The average Bonchev–Trinajstić information content (AvgIpc) is 3.19. The molecule has 0 radical (unpaired) electrons. The van der Waals surface area contributed by atoms with Gasteiger partial charge in [0.15, 0.2) is 18.0 Å². The fourth-order valence-corrected chi connectivity index (χ4v) is 3.65. The zero-order valence-electron chi connectivity index (χ0n) is 19.5. The van der Waals surface area contributed by atoms with Crippen LogP contribution < -0.4 is 15.6 Å². The summed E-state index contributed by atoms with van der Waals surface area (Å²) in [5, 5.41) is 7.42. The van der Waals surface area contributed by atoms with Crippen LogP contribution in [0.15, 0.2) is 53.5 Å². The summed E-state index contributed by atoms with van der Waals surface area (Å²) in [4.78, 5) is 30.1. The van der Waals surface area contributed by atoms with E-state index in [1.165, 1.54) is 16.5 Å². The van der Waals surface area contributed by atoms with Crippen LogP contribution in [0.1, 0.15) is 31.7 Å². The summed E-state index contributed by atoms with van der Waals surface area (Å²) >= 11 is 0. The molecule has 3 heterocycles. The largest absolute Gasteiger partial charge is 0.480 e. The molecule has 1 aromatic carbocycles. The van der Waals surface area contributed by atoms with Crippen LogP contribution in [-0.2, 0) is 4.79 Å². The first kappa shape index (κ1) is 23.2. The summed E-state index contributed by atoms with van der Waals surface area (Å²) in [7, 11) is 0. The van der Waals surface area contributed by atoms with Crippen molar-refractivity contribution in [3.05, 3.63) is 76.2 Å². The number of rotatable bonds is 7. The molecule has 0 fully saturated rings. The minimum atomic E-state index is -0.336. The molecule has 0 aliphatic heterocycles. The first-order valence-electron chi connectivity index (χ1n) is 11.1. The highest BCUT2D eigenvalue weighted by Gasteiger charge is 2.19. The lowest BCUT2D eigenvalue weighted by atomic mass is 10.1. The summed E-state index contributed by atoms with van der Waals surface area (Å²) in [6.07, 6.45) is 2.42. The average molecular weight is 464 g/mol. The molecular weight excluding hydrogens is 437 g/mol.